The maximum atomic E-state index is 13.1. The van der Waals surface area contributed by atoms with Crippen molar-refractivity contribution in [3.05, 3.63) is 60.2 Å². The summed E-state index contributed by atoms with van der Waals surface area (Å²) in [5.41, 5.74) is 3.42. The highest BCUT2D eigenvalue weighted by Crippen LogP contribution is 2.25. The minimum atomic E-state index is -0.137. The Balaban J connectivity index is 1.27. The average molecular weight is 474 g/mol. The molecule has 1 aromatic heterocycles. The Labute approximate surface area is 205 Å². The van der Waals surface area contributed by atoms with Gasteiger partial charge in [-0.15, -0.1) is 0 Å². The number of ether oxygens (including phenoxy) is 1. The normalized spacial score (nSPS) is 16.1. The van der Waals surface area contributed by atoms with Gasteiger partial charge in [-0.2, -0.15) is 0 Å². The summed E-state index contributed by atoms with van der Waals surface area (Å²) >= 11 is 0. The third-order valence-corrected chi connectivity index (χ3v) is 6.54. The molecular weight excluding hydrogens is 442 g/mol. The van der Waals surface area contributed by atoms with Gasteiger partial charge in [-0.25, -0.2) is 4.98 Å². The van der Waals surface area contributed by atoms with E-state index in [4.69, 9.17) is 9.72 Å². The lowest BCUT2D eigenvalue weighted by atomic mass is 10.1. The highest BCUT2D eigenvalue weighted by Gasteiger charge is 2.19. The van der Waals surface area contributed by atoms with Crippen LogP contribution in [0.4, 0.5) is 17.2 Å². The molecule has 2 saturated heterocycles. The van der Waals surface area contributed by atoms with Crippen molar-refractivity contribution < 1.29 is 14.3 Å². The molecule has 35 heavy (non-hydrogen) atoms. The van der Waals surface area contributed by atoms with Crippen LogP contribution in [0.5, 0.6) is 0 Å². The van der Waals surface area contributed by atoms with Crippen LogP contribution in [0.3, 0.4) is 0 Å². The lowest BCUT2D eigenvalue weighted by molar-refractivity contribution is -0.127. The maximum absolute atomic E-state index is 13.1. The van der Waals surface area contributed by atoms with E-state index in [0.29, 0.717) is 30.9 Å². The number of carbonyl (C=O) groups is 2. The Morgan fingerprint density at radius 3 is 2.60 bits per heavy atom. The molecule has 0 radical (unpaired) electrons. The topological polar surface area (TPSA) is 86.8 Å². The van der Waals surface area contributed by atoms with E-state index in [0.717, 1.165) is 62.3 Å². The number of anilines is 3. The molecule has 3 aromatic rings. The number of para-hydroxylation sites is 1. The molecule has 5 rings (SSSR count). The third kappa shape index (κ3) is 5.54. The number of rotatable bonds is 8. The monoisotopic (exact) mass is 473 g/mol. The zero-order valence-corrected chi connectivity index (χ0v) is 19.8. The summed E-state index contributed by atoms with van der Waals surface area (Å²) in [4.78, 5) is 33.8. The molecule has 2 fully saturated rings. The molecule has 2 aliphatic heterocycles. The van der Waals surface area contributed by atoms with E-state index in [1.54, 1.807) is 6.07 Å². The van der Waals surface area contributed by atoms with Crippen molar-refractivity contribution in [1.29, 1.82) is 0 Å². The van der Waals surface area contributed by atoms with Crippen molar-refractivity contribution in [3.63, 3.8) is 0 Å². The molecular formula is C27H31N5O3. The number of nitrogens with one attached hydrogen (secondary N) is 2. The highest BCUT2D eigenvalue weighted by atomic mass is 16.5. The van der Waals surface area contributed by atoms with Crippen LogP contribution in [0, 0.1) is 0 Å². The van der Waals surface area contributed by atoms with Crippen LogP contribution < -0.4 is 15.5 Å². The van der Waals surface area contributed by atoms with Crippen LogP contribution >= 0.6 is 0 Å². The van der Waals surface area contributed by atoms with Gasteiger partial charge in [0, 0.05) is 55.9 Å². The van der Waals surface area contributed by atoms with Crippen molar-refractivity contribution >= 4 is 39.9 Å². The van der Waals surface area contributed by atoms with E-state index < -0.39 is 0 Å². The zero-order valence-electron chi connectivity index (χ0n) is 19.8. The number of benzene rings is 2. The molecule has 0 bridgehead atoms. The van der Waals surface area contributed by atoms with Crippen LogP contribution in [-0.4, -0.2) is 67.6 Å². The number of amides is 2. The van der Waals surface area contributed by atoms with Crippen LogP contribution in [0.2, 0.25) is 0 Å². The fourth-order valence-corrected chi connectivity index (χ4v) is 4.66. The van der Waals surface area contributed by atoms with Gasteiger partial charge in [0.05, 0.1) is 24.3 Å². The van der Waals surface area contributed by atoms with Crippen molar-refractivity contribution in [2.45, 2.75) is 19.3 Å². The average Bonchev–Trinajstić information content (AvgIpc) is 3.31. The largest absolute Gasteiger partial charge is 0.378 e. The van der Waals surface area contributed by atoms with Gasteiger partial charge in [-0.05, 0) is 49.2 Å². The second kappa shape index (κ2) is 10.7. The second-order valence-electron chi connectivity index (χ2n) is 8.94. The lowest BCUT2D eigenvalue weighted by Gasteiger charge is -2.28. The lowest BCUT2D eigenvalue weighted by Crippen LogP contribution is -2.36. The Morgan fingerprint density at radius 1 is 1.03 bits per heavy atom. The van der Waals surface area contributed by atoms with Crippen molar-refractivity contribution in [3.8, 4) is 0 Å². The smallest absolute Gasteiger partial charge is 0.252 e. The van der Waals surface area contributed by atoms with E-state index in [9.17, 15) is 9.59 Å². The molecule has 2 aromatic carbocycles. The first-order valence-corrected chi connectivity index (χ1v) is 12.3. The highest BCUT2D eigenvalue weighted by molar-refractivity contribution is 6.07. The molecule has 0 aliphatic carbocycles. The molecule has 2 aliphatic rings. The number of likely N-dealkylation sites (tertiary alicyclic amines) is 1. The van der Waals surface area contributed by atoms with E-state index in [1.165, 1.54) is 5.69 Å². The predicted molar refractivity (Wildman–Crippen MR) is 137 cm³/mol. The summed E-state index contributed by atoms with van der Waals surface area (Å²) in [6.45, 7) is 5.32. The number of morpholine rings is 1. The number of nitrogens with zero attached hydrogens (tertiary/aromatic N) is 3. The minimum absolute atomic E-state index is 0.137. The number of pyridine rings is 1. The van der Waals surface area contributed by atoms with Gasteiger partial charge in [0.1, 0.15) is 5.82 Å². The van der Waals surface area contributed by atoms with Crippen LogP contribution in [0.15, 0.2) is 54.6 Å². The van der Waals surface area contributed by atoms with Gasteiger partial charge in [0.15, 0.2) is 0 Å². The fourth-order valence-electron chi connectivity index (χ4n) is 4.66. The van der Waals surface area contributed by atoms with Gasteiger partial charge in [-0.3, -0.25) is 9.59 Å². The third-order valence-electron chi connectivity index (χ3n) is 6.54. The van der Waals surface area contributed by atoms with Gasteiger partial charge in [0.2, 0.25) is 5.91 Å². The van der Waals surface area contributed by atoms with Crippen LogP contribution in [0.1, 0.15) is 29.6 Å². The SMILES string of the molecule is O=C(NCCCN1CCCC1=O)c1cc(Nc2ccc(N3CCOCC3)cc2)nc2ccccc12. The molecule has 0 atom stereocenters. The summed E-state index contributed by atoms with van der Waals surface area (Å²) in [6.07, 6.45) is 2.31. The molecule has 0 unspecified atom stereocenters. The summed E-state index contributed by atoms with van der Waals surface area (Å²) in [5, 5.41) is 7.18. The van der Waals surface area contributed by atoms with Crippen molar-refractivity contribution in [2.75, 3.05) is 56.2 Å². The molecule has 3 heterocycles. The summed E-state index contributed by atoms with van der Waals surface area (Å²) in [6, 6.07) is 17.7. The second-order valence-corrected chi connectivity index (χ2v) is 8.94. The Bertz CT molecular complexity index is 1190. The molecule has 0 spiro atoms. The van der Waals surface area contributed by atoms with Gasteiger partial charge in [0.25, 0.3) is 5.91 Å². The Hall–Kier alpha value is -3.65. The fraction of sp³-hybridized carbons (Fsp3) is 0.370. The Morgan fingerprint density at radius 2 is 1.83 bits per heavy atom. The minimum Gasteiger partial charge on any atom is -0.378 e. The van der Waals surface area contributed by atoms with E-state index in [-0.39, 0.29) is 11.8 Å². The number of aromatic nitrogens is 1. The number of hydrogen-bond acceptors (Lipinski definition) is 6. The Kier molecular flexibility index (Phi) is 7.09. The first-order chi connectivity index (χ1) is 17.2. The maximum Gasteiger partial charge on any atom is 0.252 e. The zero-order chi connectivity index (χ0) is 24.0. The quantitative estimate of drug-likeness (QED) is 0.487. The number of hydrogen-bond donors (Lipinski definition) is 2. The van der Waals surface area contributed by atoms with E-state index in [1.807, 2.05) is 41.3 Å². The summed E-state index contributed by atoms with van der Waals surface area (Å²) in [7, 11) is 0. The molecule has 8 heteroatoms. The molecule has 2 N–H and O–H groups in total. The van der Waals surface area contributed by atoms with Gasteiger partial charge < -0.3 is 25.2 Å². The molecule has 0 saturated carbocycles. The molecule has 8 nitrogen and oxygen atoms in total. The summed E-state index contributed by atoms with van der Waals surface area (Å²) in [5.74, 6) is 0.697. The van der Waals surface area contributed by atoms with Crippen molar-refractivity contribution in [1.82, 2.24) is 15.2 Å². The molecule has 2 amide bonds. The number of carbonyl (C=O) groups excluding carboxylic acids is 2. The van der Waals surface area contributed by atoms with E-state index in [2.05, 4.69) is 27.7 Å². The van der Waals surface area contributed by atoms with E-state index >= 15 is 0 Å². The van der Waals surface area contributed by atoms with Gasteiger partial charge >= 0.3 is 0 Å². The standard InChI is InChI=1S/C27H31N5O3/c33-26-7-3-13-32(26)14-4-12-28-27(34)23-19-25(30-24-6-2-1-5-22(23)24)29-20-8-10-21(11-9-20)31-15-17-35-18-16-31/h1-2,5-6,8-11,19H,3-4,7,12-18H2,(H,28,34)(H,29,30). The number of fused-ring (bicyclic) bond motifs is 1. The molecule has 182 valence electrons. The van der Waals surface area contributed by atoms with Crippen molar-refractivity contribution in [2.24, 2.45) is 0 Å². The predicted octanol–water partition coefficient (Wildman–Crippen LogP) is 3.56. The van der Waals surface area contributed by atoms with Gasteiger partial charge in [-0.1, -0.05) is 18.2 Å². The first-order valence-electron chi connectivity index (χ1n) is 12.3. The van der Waals surface area contributed by atoms with Crippen LogP contribution in [0.25, 0.3) is 10.9 Å². The first kappa shape index (κ1) is 23.1. The van der Waals surface area contributed by atoms with Crippen LogP contribution in [-0.2, 0) is 9.53 Å². The summed E-state index contributed by atoms with van der Waals surface area (Å²) < 4.78 is 5.44.